The van der Waals surface area contributed by atoms with Crippen LogP contribution in [0.1, 0.15) is 25.3 Å². The number of aromatic nitrogens is 3. The highest BCUT2D eigenvalue weighted by Crippen LogP contribution is 2.37. The summed E-state index contributed by atoms with van der Waals surface area (Å²) in [7, 11) is -1.87. The Morgan fingerprint density at radius 2 is 1.89 bits per heavy atom. The first-order valence-corrected chi connectivity index (χ1v) is 12.9. The van der Waals surface area contributed by atoms with Crippen molar-refractivity contribution in [1.29, 1.82) is 0 Å². The van der Waals surface area contributed by atoms with Crippen LogP contribution in [0.2, 0.25) is 0 Å². The molecule has 12 heteroatoms. The van der Waals surface area contributed by atoms with Crippen LogP contribution in [-0.2, 0) is 9.92 Å². The number of hydrogen-bond donors (Lipinski definition) is 2. The Balaban J connectivity index is 1.45. The first-order valence-electron chi connectivity index (χ1n) is 11.4. The number of aliphatic hydroxyl groups is 1. The van der Waals surface area contributed by atoms with E-state index in [9.17, 15) is 22.5 Å². The van der Waals surface area contributed by atoms with Crippen LogP contribution in [0.3, 0.4) is 0 Å². The summed E-state index contributed by atoms with van der Waals surface area (Å²) in [6.45, 7) is 0. The molecule has 1 aliphatic carbocycles. The van der Waals surface area contributed by atoms with E-state index in [0.717, 1.165) is 34.8 Å². The molecule has 0 saturated heterocycles. The normalized spacial score (nSPS) is 22.4. The van der Waals surface area contributed by atoms with E-state index in [-0.39, 0.29) is 10.9 Å². The van der Waals surface area contributed by atoms with E-state index in [1.165, 1.54) is 25.5 Å². The zero-order chi connectivity index (χ0) is 25.5. The first kappa shape index (κ1) is 24.5. The highest BCUT2D eigenvalue weighted by molar-refractivity contribution is 7.91. The Hall–Kier alpha value is -3.22. The van der Waals surface area contributed by atoms with E-state index in [0.29, 0.717) is 18.5 Å². The van der Waals surface area contributed by atoms with E-state index in [1.807, 2.05) is 28.8 Å². The topological polar surface area (TPSA) is 102 Å². The van der Waals surface area contributed by atoms with Gasteiger partial charge in [0, 0.05) is 30.1 Å². The lowest BCUT2D eigenvalue weighted by atomic mass is 9.88. The van der Waals surface area contributed by atoms with E-state index < -0.39 is 34.2 Å². The second-order valence-corrected chi connectivity index (χ2v) is 10.7. The molecule has 2 heterocycles. The third-order valence-corrected chi connectivity index (χ3v) is 8.52. The number of nitrogens with zero attached hydrogens (tertiary/aromatic N) is 4. The summed E-state index contributed by atoms with van der Waals surface area (Å²) in [5, 5.41) is 13.3. The molecule has 190 valence electrons. The number of rotatable bonds is 5. The van der Waals surface area contributed by atoms with Crippen molar-refractivity contribution in [1.82, 2.24) is 19.3 Å². The highest BCUT2D eigenvalue weighted by atomic mass is 32.2. The second kappa shape index (κ2) is 9.34. The van der Waals surface area contributed by atoms with Crippen molar-refractivity contribution < 1.29 is 27.2 Å². The van der Waals surface area contributed by atoms with E-state index in [1.54, 1.807) is 6.20 Å². The fourth-order valence-corrected chi connectivity index (χ4v) is 6.52. The van der Waals surface area contributed by atoms with Crippen LogP contribution >= 0.6 is 0 Å². The van der Waals surface area contributed by atoms with Gasteiger partial charge in [-0.25, -0.2) is 23.3 Å². The molecule has 2 N–H and O–H groups in total. The molecule has 36 heavy (non-hydrogen) atoms. The summed E-state index contributed by atoms with van der Waals surface area (Å²) in [4.78, 5) is 8.82. The largest absolute Gasteiger partial charge is 0.573 e. The van der Waals surface area contributed by atoms with Gasteiger partial charge in [0.05, 0.1) is 22.6 Å². The Bertz CT molecular complexity index is 1460. The molecule has 8 nitrogen and oxygen atoms in total. The average Bonchev–Trinajstić information content (AvgIpc) is 3.19. The first-order chi connectivity index (χ1) is 17.2. The van der Waals surface area contributed by atoms with Gasteiger partial charge < -0.3 is 14.4 Å². The van der Waals surface area contributed by atoms with Crippen molar-refractivity contribution in [3.63, 3.8) is 0 Å². The molecule has 0 amide bonds. The van der Waals surface area contributed by atoms with Gasteiger partial charge in [0.2, 0.25) is 0 Å². The van der Waals surface area contributed by atoms with Gasteiger partial charge in [0.1, 0.15) is 27.6 Å². The summed E-state index contributed by atoms with van der Waals surface area (Å²) < 4.78 is 64.1. The molecular formula is C24H24F3N5O3S. The fourth-order valence-electron chi connectivity index (χ4n) is 4.89. The highest BCUT2D eigenvalue weighted by Gasteiger charge is 2.37. The van der Waals surface area contributed by atoms with E-state index in [2.05, 4.69) is 23.8 Å². The molecule has 2 aromatic carbocycles. The molecule has 1 aliphatic rings. The third-order valence-electron chi connectivity index (χ3n) is 6.47. The zero-order valence-corrected chi connectivity index (χ0v) is 20.0. The van der Waals surface area contributed by atoms with Crippen LogP contribution in [0, 0.1) is 0 Å². The molecule has 2 aromatic heterocycles. The molecule has 5 rings (SSSR count). The monoisotopic (exact) mass is 519 g/mol. The van der Waals surface area contributed by atoms with Gasteiger partial charge in [0.25, 0.3) is 0 Å². The van der Waals surface area contributed by atoms with Crippen molar-refractivity contribution in [2.45, 2.75) is 48.7 Å². The molecule has 0 bridgehead atoms. The predicted molar refractivity (Wildman–Crippen MR) is 129 cm³/mol. The van der Waals surface area contributed by atoms with Crippen LogP contribution < -0.4 is 9.46 Å². The second-order valence-electron chi connectivity index (χ2n) is 8.59. The van der Waals surface area contributed by atoms with Crippen LogP contribution in [0.15, 0.2) is 70.3 Å². The van der Waals surface area contributed by atoms with Gasteiger partial charge in [-0.3, -0.25) is 0 Å². The van der Waals surface area contributed by atoms with Crippen molar-refractivity contribution in [3.05, 3.63) is 61.1 Å². The summed E-state index contributed by atoms with van der Waals surface area (Å²) in [6.07, 6.45) is -0.552. The standard InChI is InChI=1S/C24H24F3N5O3S/c1-28-36(34,16-11-9-15(10-12-16)35-24(25,26)27)31-19-6-4-8-21(22(19)33)32-20-7-3-2-5-17(20)18-13-29-14-30-23(18)32/h2-3,5,7,9-14,19,21-22,33H,4,6,8H2,1H3,(H,28,31,34). The van der Waals surface area contributed by atoms with E-state index in [4.69, 9.17) is 0 Å². The zero-order valence-electron chi connectivity index (χ0n) is 19.2. The third kappa shape index (κ3) is 4.51. The Morgan fingerprint density at radius 3 is 2.61 bits per heavy atom. The minimum Gasteiger partial charge on any atom is -0.406 e. The number of alkyl halides is 3. The van der Waals surface area contributed by atoms with Crippen LogP contribution in [0.5, 0.6) is 5.75 Å². The molecule has 0 radical (unpaired) electrons. The maximum absolute atomic E-state index is 13.7. The van der Waals surface area contributed by atoms with Crippen molar-refractivity contribution >= 4 is 31.9 Å². The van der Waals surface area contributed by atoms with Gasteiger partial charge >= 0.3 is 6.36 Å². The number of ether oxygens (including phenoxy) is 1. The SMILES string of the molecule is CN=S(=O)(NC1CCCC(n2c3ccccc3c3cncnc32)C1O)c1ccc(OC(F)(F)F)cc1. The van der Waals surface area contributed by atoms with Gasteiger partial charge in [0.15, 0.2) is 0 Å². The number of aliphatic hydroxyl groups excluding tert-OH is 1. The molecule has 4 aromatic rings. The predicted octanol–water partition coefficient (Wildman–Crippen LogP) is 4.60. The average molecular weight is 520 g/mol. The molecule has 0 spiro atoms. The lowest BCUT2D eigenvalue weighted by Gasteiger charge is -2.37. The van der Waals surface area contributed by atoms with Crippen molar-refractivity contribution in [3.8, 4) is 5.75 Å². The van der Waals surface area contributed by atoms with Crippen molar-refractivity contribution in [2.24, 2.45) is 4.36 Å². The number of para-hydroxylation sites is 1. The van der Waals surface area contributed by atoms with Gasteiger partial charge in [-0.1, -0.05) is 18.2 Å². The molecule has 4 unspecified atom stereocenters. The van der Waals surface area contributed by atoms with E-state index >= 15 is 0 Å². The number of benzene rings is 2. The Morgan fingerprint density at radius 1 is 1.14 bits per heavy atom. The number of halogens is 3. The minimum atomic E-state index is -4.82. The lowest BCUT2D eigenvalue weighted by Crippen LogP contribution is -2.49. The van der Waals surface area contributed by atoms with Crippen molar-refractivity contribution in [2.75, 3.05) is 7.05 Å². The summed E-state index contributed by atoms with van der Waals surface area (Å²) in [6, 6.07) is 11.6. The maximum atomic E-state index is 13.7. The lowest BCUT2D eigenvalue weighted by molar-refractivity contribution is -0.274. The molecule has 1 fully saturated rings. The van der Waals surface area contributed by atoms with Crippen LogP contribution in [0.4, 0.5) is 13.2 Å². The fraction of sp³-hybridized carbons (Fsp3) is 0.333. The smallest absolute Gasteiger partial charge is 0.406 e. The summed E-state index contributed by atoms with van der Waals surface area (Å²) in [5.41, 5.74) is 1.62. The van der Waals surface area contributed by atoms with Gasteiger partial charge in [-0.15, -0.1) is 13.2 Å². The number of hydrogen-bond acceptors (Lipinski definition) is 6. The summed E-state index contributed by atoms with van der Waals surface area (Å²) >= 11 is 0. The maximum Gasteiger partial charge on any atom is 0.573 e. The van der Waals surface area contributed by atoms with Gasteiger partial charge in [-0.05, 0) is 49.6 Å². The minimum absolute atomic E-state index is 0.193. The number of fused-ring (bicyclic) bond motifs is 3. The molecule has 4 atom stereocenters. The molecule has 1 saturated carbocycles. The van der Waals surface area contributed by atoms with Crippen LogP contribution in [-0.4, -0.2) is 49.4 Å². The number of nitrogens with one attached hydrogen (secondary N) is 1. The quantitative estimate of drug-likeness (QED) is 0.401. The van der Waals surface area contributed by atoms with Crippen LogP contribution in [0.25, 0.3) is 21.9 Å². The molecular weight excluding hydrogens is 495 g/mol. The Kier molecular flexibility index (Phi) is 6.35. The Labute approximate surface area is 205 Å². The summed E-state index contributed by atoms with van der Waals surface area (Å²) in [5.74, 6) is -0.421. The molecule has 0 aliphatic heterocycles. The van der Waals surface area contributed by atoms with Gasteiger partial charge in [-0.2, -0.15) is 0 Å².